The maximum atomic E-state index is 13.0. The van der Waals surface area contributed by atoms with Crippen LogP contribution in [0.15, 0.2) is 60.8 Å². The highest BCUT2D eigenvalue weighted by Crippen LogP contribution is 2.18. The summed E-state index contributed by atoms with van der Waals surface area (Å²) in [5, 5.41) is 0. The zero-order valence-corrected chi connectivity index (χ0v) is 53.6. The highest BCUT2D eigenvalue weighted by molar-refractivity contribution is 5.71. The minimum absolute atomic E-state index is 0.0784. The number of allylic oxidation sites excluding steroid dienone is 10. The fraction of sp³-hybridized carbons (Fsp3) is 0.824. The van der Waals surface area contributed by atoms with Gasteiger partial charge in [0.25, 0.3) is 0 Å². The first-order chi connectivity index (χ1) is 39.5. The number of carbonyl (C=O) groups excluding carboxylic acids is 3. The molecule has 0 fully saturated rings. The number of rotatable bonds is 65. The summed E-state index contributed by atoms with van der Waals surface area (Å²) in [5.41, 5.74) is 0. The van der Waals surface area contributed by atoms with Crippen molar-refractivity contribution in [2.45, 2.75) is 380 Å². The molecule has 6 heteroatoms. The molecule has 0 N–H and O–H groups in total. The number of hydrogen-bond donors (Lipinski definition) is 0. The molecule has 0 aliphatic rings. The molecule has 0 radical (unpaired) electrons. The largest absolute Gasteiger partial charge is 0.462 e. The summed E-state index contributed by atoms with van der Waals surface area (Å²) >= 11 is 0. The van der Waals surface area contributed by atoms with Crippen molar-refractivity contribution in [3.05, 3.63) is 60.8 Å². The van der Waals surface area contributed by atoms with Crippen LogP contribution in [0.1, 0.15) is 374 Å². The minimum atomic E-state index is -0.785. The lowest BCUT2D eigenvalue weighted by molar-refractivity contribution is -0.167. The molecule has 0 saturated carbocycles. The van der Waals surface area contributed by atoms with Crippen LogP contribution in [0.3, 0.4) is 0 Å². The Kier molecular flexibility index (Phi) is 66.1. The van der Waals surface area contributed by atoms with E-state index >= 15 is 0 Å². The maximum Gasteiger partial charge on any atom is 0.306 e. The van der Waals surface area contributed by atoms with Gasteiger partial charge in [0, 0.05) is 19.3 Å². The highest BCUT2D eigenvalue weighted by Gasteiger charge is 2.19. The molecular weight excluding hydrogens is 985 g/mol. The van der Waals surface area contributed by atoms with Crippen LogP contribution in [0.2, 0.25) is 0 Å². The number of unbranched alkanes of at least 4 members (excludes halogenated alkanes) is 44. The highest BCUT2D eigenvalue weighted by atomic mass is 16.6. The van der Waals surface area contributed by atoms with Crippen molar-refractivity contribution >= 4 is 17.9 Å². The van der Waals surface area contributed by atoms with Gasteiger partial charge in [-0.15, -0.1) is 0 Å². The summed E-state index contributed by atoms with van der Waals surface area (Å²) in [4.78, 5) is 38.4. The molecular formula is C74H134O6. The van der Waals surface area contributed by atoms with E-state index < -0.39 is 6.10 Å². The van der Waals surface area contributed by atoms with Crippen molar-refractivity contribution < 1.29 is 28.6 Å². The fourth-order valence-corrected chi connectivity index (χ4v) is 10.4. The van der Waals surface area contributed by atoms with E-state index in [9.17, 15) is 14.4 Å². The van der Waals surface area contributed by atoms with Crippen LogP contribution in [0, 0.1) is 0 Å². The molecule has 0 spiro atoms. The first-order valence-corrected chi connectivity index (χ1v) is 35.3. The van der Waals surface area contributed by atoms with Crippen LogP contribution in [-0.2, 0) is 28.6 Å². The molecule has 0 aromatic carbocycles. The SMILES string of the molecule is CCCCC/C=C\C/C=C\CCCCCCCC(=O)OCC(COC(=O)CCCCCCCCCCCCCCCCCCCCCCCCCC)OC(=O)CCCCCCCCCC/C=C\C/C=C\C/C=C\CCCCCCC. The van der Waals surface area contributed by atoms with Gasteiger partial charge in [-0.05, 0) is 89.9 Å². The van der Waals surface area contributed by atoms with Crippen LogP contribution in [0.5, 0.6) is 0 Å². The van der Waals surface area contributed by atoms with E-state index in [0.717, 1.165) is 96.3 Å². The van der Waals surface area contributed by atoms with Crippen molar-refractivity contribution in [3.63, 3.8) is 0 Å². The second-order valence-corrected chi connectivity index (χ2v) is 23.8. The van der Waals surface area contributed by atoms with Crippen molar-refractivity contribution in [2.75, 3.05) is 13.2 Å². The van der Waals surface area contributed by atoms with Gasteiger partial charge in [0.1, 0.15) is 13.2 Å². The van der Waals surface area contributed by atoms with Gasteiger partial charge in [0.05, 0.1) is 0 Å². The number of ether oxygens (including phenoxy) is 3. The number of esters is 3. The Morgan fingerprint density at radius 1 is 0.250 bits per heavy atom. The Morgan fingerprint density at radius 3 is 0.725 bits per heavy atom. The molecule has 1 atom stereocenters. The molecule has 0 amide bonds. The average Bonchev–Trinajstić information content (AvgIpc) is 3.46. The van der Waals surface area contributed by atoms with Gasteiger partial charge in [-0.3, -0.25) is 14.4 Å². The van der Waals surface area contributed by atoms with Gasteiger partial charge < -0.3 is 14.2 Å². The molecule has 0 aliphatic heterocycles. The van der Waals surface area contributed by atoms with E-state index in [1.165, 1.54) is 238 Å². The molecule has 80 heavy (non-hydrogen) atoms. The van der Waals surface area contributed by atoms with Gasteiger partial charge in [0.15, 0.2) is 6.10 Å². The predicted molar refractivity (Wildman–Crippen MR) is 348 cm³/mol. The Balaban J connectivity index is 4.32. The molecule has 0 aliphatic carbocycles. The zero-order valence-electron chi connectivity index (χ0n) is 53.6. The lowest BCUT2D eigenvalue weighted by atomic mass is 10.0. The summed E-state index contributed by atoms with van der Waals surface area (Å²) in [5.74, 6) is -0.877. The van der Waals surface area contributed by atoms with E-state index in [-0.39, 0.29) is 31.1 Å². The molecule has 0 aromatic rings. The summed E-state index contributed by atoms with van der Waals surface area (Å²) in [6, 6.07) is 0. The topological polar surface area (TPSA) is 78.9 Å². The quantitative estimate of drug-likeness (QED) is 0.0261. The van der Waals surface area contributed by atoms with E-state index in [1.807, 2.05) is 0 Å². The Hall–Kier alpha value is -2.89. The third-order valence-corrected chi connectivity index (χ3v) is 15.7. The zero-order chi connectivity index (χ0) is 57.8. The molecule has 0 aromatic heterocycles. The third-order valence-electron chi connectivity index (χ3n) is 15.7. The summed E-state index contributed by atoms with van der Waals surface area (Å²) in [6.45, 7) is 6.65. The summed E-state index contributed by atoms with van der Waals surface area (Å²) in [6.07, 6.45) is 88.1. The van der Waals surface area contributed by atoms with E-state index in [0.29, 0.717) is 19.3 Å². The first kappa shape index (κ1) is 77.1. The van der Waals surface area contributed by atoms with Gasteiger partial charge in [0.2, 0.25) is 0 Å². The van der Waals surface area contributed by atoms with Crippen molar-refractivity contribution in [1.29, 1.82) is 0 Å². The standard InChI is InChI=1S/C74H134O6/c1-4-7-10-13-16-19-22-25-28-30-32-34-36-38-39-41-43-46-49-52-55-58-61-64-67-73(76)79-70-71(69-78-72(75)66-63-60-57-54-51-48-45-27-24-21-18-15-12-9-6-3)80-74(77)68-65-62-59-56-53-50-47-44-42-40-37-35-33-31-29-26-23-20-17-14-11-8-5-2/h18,21,23,26-27,31,33,37,40,45,71H,4-17,19-20,22,24-25,28-30,32,34-36,38-39,41-44,46-70H2,1-3H3/b21-18-,26-23-,33-31-,40-37-,45-27-. The fourth-order valence-electron chi connectivity index (χ4n) is 10.4. The molecule has 466 valence electrons. The van der Waals surface area contributed by atoms with Crippen LogP contribution in [0.4, 0.5) is 0 Å². The maximum absolute atomic E-state index is 13.0. The van der Waals surface area contributed by atoms with Gasteiger partial charge in [-0.2, -0.15) is 0 Å². The van der Waals surface area contributed by atoms with E-state index in [1.54, 1.807) is 0 Å². The Bertz CT molecular complexity index is 1430. The normalized spacial score (nSPS) is 12.4. The second-order valence-electron chi connectivity index (χ2n) is 23.8. The predicted octanol–water partition coefficient (Wildman–Crippen LogP) is 24.3. The molecule has 0 bridgehead atoms. The molecule has 0 rings (SSSR count). The minimum Gasteiger partial charge on any atom is -0.462 e. The van der Waals surface area contributed by atoms with Crippen molar-refractivity contribution in [2.24, 2.45) is 0 Å². The molecule has 6 nitrogen and oxygen atoms in total. The van der Waals surface area contributed by atoms with E-state index in [2.05, 4.69) is 81.5 Å². The van der Waals surface area contributed by atoms with Crippen LogP contribution >= 0.6 is 0 Å². The lowest BCUT2D eigenvalue weighted by Crippen LogP contribution is -2.30. The Morgan fingerprint density at radius 2 is 0.450 bits per heavy atom. The molecule has 1 unspecified atom stereocenters. The Labute approximate surface area is 498 Å². The lowest BCUT2D eigenvalue weighted by Gasteiger charge is -2.18. The van der Waals surface area contributed by atoms with Gasteiger partial charge in [-0.25, -0.2) is 0 Å². The van der Waals surface area contributed by atoms with Crippen molar-refractivity contribution in [1.82, 2.24) is 0 Å². The van der Waals surface area contributed by atoms with Crippen molar-refractivity contribution in [3.8, 4) is 0 Å². The smallest absolute Gasteiger partial charge is 0.306 e. The average molecular weight is 1120 g/mol. The second kappa shape index (κ2) is 68.6. The van der Waals surface area contributed by atoms with Crippen LogP contribution < -0.4 is 0 Å². The molecule has 0 saturated heterocycles. The van der Waals surface area contributed by atoms with Gasteiger partial charge >= 0.3 is 17.9 Å². The van der Waals surface area contributed by atoms with Gasteiger partial charge in [-0.1, -0.05) is 326 Å². The van der Waals surface area contributed by atoms with Crippen LogP contribution in [0.25, 0.3) is 0 Å². The molecule has 0 heterocycles. The van der Waals surface area contributed by atoms with Crippen LogP contribution in [-0.4, -0.2) is 37.2 Å². The number of hydrogen-bond acceptors (Lipinski definition) is 6. The first-order valence-electron chi connectivity index (χ1n) is 35.3. The monoisotopic (exact) mass is 1120 g/mol. The number of carbonyl (C=O) groups is 3. The van der Waals surface area contributed by atoms with E-state index in [4.69, 9.17) is 14.2 Å². The summed E-state index contributed by atoms with van der Waals surface area (Å²) < 4.78 is 17.0. The third kappa shape index (κ3) is 65.9. The summed E-state index contributed by atoms with van der Waals surface area (Å²) in [7, 11) is 0.